The first-order chi connectivity index (χ1) is 11.5. The Morgan fingerprint density at radius 3 is 2.08 bits per heavy atom. The zero-order valence-electron chi connectivity index (χ0n) is 14.8. The Morgan fingerprint density at radius 1 is 1.00 bits per heavy atom. The van der Waals surface area contributed by atoms with Crippen molar-refractivity contribution >= 4 is 11.8 Å². The van der Waals surface area contributed by atoms with Crippen LogP contribution in [0.1, 0.15) is 49.0 Å². The van der Waals surface area contributed by atoms with Gasteiger partial charge in [0, 0.05) is 37.7 Å². The van der Waals surface area contributed by atoms with E-state index in [1.54, 1.807) is 0 Å². The van der Waals surface area contributed by atoms with E-state index < -0.39 is 0 Å². The van der Waals surface area contributed by atoms with Crippen LogP contribution in [0.4, 0.5) is 0 Å². The second kappa shape index (κ2) is 7.37. The molecule has 0 aromatic heterocycles. The van der Waals surface area contributed by atoms with Crippen molar-refractivity contribution in [1.82, 2.24) is 9.80 Å². The maximum absolute atomic E-state index is 12.6. The van der Waals surface area contributed by atoms with Gasteiger partial charge >= 0.3 is 0 Å². The van der Waals surface area contributed by atoms with Crippen LogP contribution in [-0.2, 0) is 11.2 Å². The fraction of sp³-hybridized carbons (Fsp3) is 0.600. The van der Waals surface area contributed by atoms with Gasteiger partial charge in [0.15, 0.2) is 0 Å². The quantitative estimate of drug-likeness (QED) is 0.852. The van der Waals surface area contributed by atoms with E-state index in [4.69, 9.17) is 0 Å². The zero-order valence-corrected chi connectivity index (χ0v) is 14.8. The minimum atomic E-state index is 0.0850. The van der Waals surface area contributed by atoms with Crippen LogP contribution in [0.2, 0.25) is 0 Å². The van der Waals surface area contributed by atoms with Gasteiger partial charge in [-0.05, 0) is 42.9 Å². The van der Waals surface area contributed by atoms with Crippen molar-refractivity contribution < 1.29 is 9.59 Å². The van der Waals surface area contributed by atoms with E-state index in [0.29, 0.717) is 38.0 Å². The highest BCUT2D eigenvalue weighted by molar-refractivity contribution is 5.94. The molecule has 4 nitrogen and oxygen atoms in total. The Bertz CT molecular complexity index is 582. The number of hydrogen-bond donors (Lipinski definition) is 0. The second-order valence-corrected chi connectivity index (χ2v) is 7.54. The van der Waals surface area contributed by atoms with Crippen LogP contribution in [-0.4, -0.2) is 47.8 Å². The molecular formula is C20H28N2O2. The van der Waals surface area contributed by atoms with Crippen molar-refractivity contribution in [3.8, 4) is 0 Å². The first kappa shape index (κ1) is 17.0. The van der Waals surface area contributed by atoms with Crippen LogP contribution in [0.15, 0.2) is 24.3 Å². The van der Waals surface area contributed by atoms with Crippen LogP contribution in [0.3, 0.4) is 0 Å². The van der Waals surface area contributed by atoms with Gasteiger partial charge in [-0.2, -0.15) is 0 Å². The van der Waals surface area contributed by atoms with E-state index in [1.807, 2.05) is 21.9 Å². The number of piperazine rings is 1. The number of carbonyl (C=O) groups excluding carboxylic acids is 2. The topological polar surface area (TPSA) is 40.6 Å². The lowest BCUT2D eigenvalue weighted by molar-refractivity contribution is -0.139. The molecule has 2 aliphatic rings. The van der Waals surface area contributed by atoms with Gasteiger partial charge in [-0.1, -0.05) is 32.4 Å². The standard InChI is InChI=1S/C20H28N2O2/c1-15(2)14-16-6-8-18(9-7-16)20(24)22-12-10-21(11-13-22)19(23)17-4-3-5-17/h6-9,15,17H,3-5,10-14H2,1-2H3. The number of amides is 2. The molecule has 0 spiro atoms. The number of nitrogens with zero attached hydrogens (tertiary/aromatic N) is 2. The second-order valence-electron chi connectivity index (χ2n) is 7.54. The average molecular weight is 328 g/mol. The van der Waals surface area contributed by atoms with E-state index in [9.17, 15) is 9.59 Å². The van der Waals surface area contributed by atoms with E-state index in [-0.39, 0.29) is 11.8 Å². The molecule has 0 unspecified atom stereocenters. The summed E-state index contributed by atoms with van der Waals surface area (Å²) in [7, 11) is 0. The van der Waals surface area contributed by atoms with Crippen molar-refractivity contribution in [3.63, 3.8) is 0 Å². The third-order valence-corrected chi connectivity index (χ3v) is 5.18. The molecule has 0 radical (unpaired) electrons. The highest BCUT2D eigenvalue weighted by atomic mass is 16.2. The monoisotopic (exact) mass is 328 g/mol. The summed E-state index contributed by atoms with van der Waals surface area (Å²) < 4.78 is 0. The lowest BCUT2D eigenvalue weighted by Crippen LogP contribution is -2.52. The fourth-order valence-electron chi connectivity index (χ4n) is 3.48. The molecule has 1 heterocycles. The molecule has 1 saturated heterocycles. The van der Waals surface area contributed by atoms with E-state index >= 15 is 0 Å². The number of benzene rings is 1. The summed E-state index contributed by atoms with van der Waals surface area (Å²) in [5.74, 6) is 1.25. The Kier molecular flexibility index (Phi) is 5.22. The number of hydrogen-bond acceptors (Lipinski definition) is 2. The van der Waals surface area contributed by atoms with Gasteiger partial charge in [0.2, 0.25) is 5.91 Å². The lowest BCUT2D eigenvalue weighted by atomic mass is 9.84. The molecule has 4 heteroatoms. The largest absolute Gasteiger partial charge is 0.339 e. The maximum Gasteiger partial charge on any atom is 0.253 e. The predicted octanol–water partition coefficient (Wildman–Crippen LogP) is 2.97. The summed E-state index contributed by atoms with van der Waals surface area (Å²) in [6, 6.07) is 7.99. The normalized spacial score (nSPS) is 18.6. The number of rotatable bonds is 4. The molecule has 2 amide bonds. The molecule has 130 valence electrons. The molecule has 2 fully saturated rings. The van der Waals surface area contributed by atoms with Crippen molar-refractivity contribution in [2.75, 3.05) is 26.2 Å². The Labute approximate surface area is 144 Å². The predicted molar refractivity (Wildman–Crippen MR) is 94.8 cm³/mol. The smallest absolute Gasteiger partial charge is 0.253 e. The summed E-state index contributed by atoms with van der Waals surface area (Å²) in [6.07, 6.45) is 4.31. The molecule has 1 aromatic rings. The van der Waals surface area contributed by atoms with Gasteiger partial charge in [0.1, 0.15) is 0 Å². The third kappa shape index (κ3) is 3.80. The minimum absolute atomic E-state index is 0.0850. The van der Waals surface area contributed by atoms with Crippen LogP contribution in [0, 0.1) is 11.8 Å². The number of carbonyl (C=O) groups is 2. The first-order valence-corrected chi connectivity index (χ1v) is 9.21. The Balaban J connectivity index is 1.53. The molecule has 24 heavy (non-hydrogen) atoms. The molecule has 1 saturated carbocycles. The van der Waals surface area contributed by atoms with Gasteiger partial charge in [0.05, 0.1) is 0 Å². The van der Waals surface area contributed by atoms with Crippen LogP contribution >= 0.6 is 0 Å². The van der Waals surface area contributed by atoms with Crippen molar-refractivity contribution in [2.24, 2.45) is 11.8 Å². The van der Waals surface area contributed by atoms with Gasteiger partial charge < -0.3 is 9.80 Å². The first-order valence-electron chi connectivity index (χ1n) is 9.21. The summed E-state index contributed by atoms with van der Waals surface area (Å²) in [5, 5.41) is 0. The highest BCUT2D eigenvalue weighted by Crippen LogP contribution is 2.28. The van der Waals surface area contributed by atoms with E-state index in [0.717, 1.165) is 24.8 Å². The van der Waals surface area contributed by atoms with E-state index in [2.05, 4.69) is 26.0 Å². The van der Waals surface area contributed by atoms with Gasteiger partial charge in [-0.25, -0.2) is 0 Å². The van der Waals surface area contributed by atoms with Crippen LogP contribution < -0.4 is 0 Å². The summed E-state index contributed by atoms with van der Waals surface area (Å²) in [6.45, 7) is 7.03. The lowest BCUT2D eigenvalue weighted by Gasteiger charge is -2.38. The van der Waals surface area contributed by atoms with Crippen molar-refractivity contribution in [2.45, 2.75) is 39.5 Å². The SMILES string of the molecule is CC(C)Cc1ccc(C(=O)N2CCN(C(=O)C3CCC3)CC2)cc1. The van der Waals surface area contributed by atoms with Gasteiger partial charge in [-0.15, -0.1) is 0 Å². The molecule has 1 aliphatic heterocycles. The van der Waals surface area contributed by atoms with Gasteiger partial charge in [-0.3, -0.25) is 9.59 Å². The molecule has 1 aromatic carbocycles. The van der Waals surface area contributed by atoms with Crippen LogP contribution in [0.25, 0.3) is 0 Å². The van der Waals surface area contributed by atoms with Crippen molar-refractivity contribution in [3.05, 3.63) is 35.4 Å². The van der Waals surface area contributed by atoms with E-state index in [1.165, 1.54) is 12.0 Å². The summed E-state index contributed by atoms with van der Waals surface area (Å²) in [5.41, 5.74) is 2.03. The third-order valence-electron chi connectivity index (χ3n) is 5.18. The Morgan fingerprint density at radius 2 is 1.58 bits per heavy atom. The summed E-state index contributed by atoms with van der Waals surface area (Å²) >= 11 is 0. The molecule has 1 aliphatic carbocycles. The molecule has 3 rings (SSSR count). The van der Waals surface area contributed by atoms with Crippen molar-refractivity contribution in [1.29, 1.82) is 0 Å². The fourth-order valence-corrected chi connectivity index (χ4v) is 3.48. The van der Waals surface area contributed by atoms with Crippen LogP contribution in [0.5, 0.6) is 0 Å². The highest BCUT2D eigenvalue weighted by Gasteiger charge is 2.32. The van der Waals surface area contributed by atoms with Gasteiger partial charge in [0.25, 0.3) is 5.91 Å². The molecular weight excluding hydrogens is 300 g/mol. The summed E-state index contributed by atoms with van der Waals surface area (Å²) in [4.78, 5) is 28.7. The minimum Gasteiger partial charge on any atom is -0.339 e. The zero-order chi connectivity index (χ0) is 17.1. The molecule has 0 atom stereocenters. The maximum atomic E-state index is 12.6. The average Bonchev–Trinajstić information content (AvgIpc) is 2.53. The molecule has 0 bridgehead atoms. The molecule has 0 N–H and O–H groups in total. The Hall–Kier alpha value is -1.84.